The van der Waals surface area contributed by atoms with Crippen LogP contribution in [0.4, 0.5) is 0 Å². The van der Waals surface area contributed by atoms with Crippen molar-refractivity contribution in [2.45, 2.75) is 33.4 Å². The third kappa shape index (κ3) is 5.62. The van der Waals surface area contributed by atoms with E-state index < -0.39 is 5.91 Å². The predicted octanol–water partition coefficient (Wildman–Crippen LogP) is 5.63. The second-order valence-corrected chi connectivity index (χ2v) is 9.86. The maximum atomic E-state index is 13.8. The van der Waals surface area contributed by atoms with E-state index in [-0.39, 0.29) is 36.9 Å². The highest BCUT2D eigenvalue weighted by molar-refractivity contribution is 6.34. The van der Waals surface area contributed by atoms with Gasteiger partial charge in [0.05, 0.1) is 0 Å². The fraction of sp³-hybridized carbons (Fsp3) is 0.250. The number of amides is 1. The van der Waals surface area contributed by atoms with Gasteiger partial charge in [-0.25, -0.2) is 0 Å². The zero-order chi connectivity index (χ0) is 25.8. The predicted molar refractivity (Wildman–Crippen MR) is 145 cm³/mol. The van der Waals surface area contributed by atoms with E-state index in [2.05, 4.69) is 10.3 Å². The second-order valence-electron chi connectivity index (χ2n) is 8.98. The number of nitrogens with zero attached hydrogens (tertiary/aromatic N) is 2. The van der Waals surface area contributed by atoms with Crippen molar-refractivity contribution in [3.63, 3.8) is 0 Å². The Bertz CT molecular complexity index is 1450. The molecule has 0 spiro atoms. The Balaban J connectivity index is 1.89. The number of aliphatic hydroxyl groups excluding tert-OH is 1. The molecule has 186 valence electrons. The van der Waals surface area contributed by atoms with E-state index in [0.717, 1.165) is 16.7 Å². The average molecular weight is 524 g/mol. The van der Waals surface area contributed by atoms with E-state index in [1.54, 1.807) is 30.5 Å². The number of pyridine rings is 2. The lowest BCUT2D eigenvalue weighted by Crippen LogP contribution is -2.34. The minimum Gasteiger partial charge on any atom is -0.396 e. The molecule has 0 saturated heterocycles. The molecule has 1 atom stereocenters. The van der Waals surface area contributed by atoms with Gasteiger partial charge in [-0.15, -0.1) is 0 Å². The molecule has 2 aromatic heterocycles. The van der Waals surface area contributed by atoms with Gasteiger partial charge in [-0.1, -0.05) is 66.0 Å². The number of aromatic nitrogens is 2. The topological polar surface area (TPSA) is 84.2 Å². The molecule has 2 heterocycles. The Labute approximate surface area is 219 Å². The van der Waals surface area contributed by atoms with E-state index >= 15 is 0 Å². The van der Waals surface area contributed by atoms with E-state index in [1.807, 2.05) is 44.2 Å². The quantitative estimate of drug-likeness (QED) is 0.313. The van der Waals surface area contributed by atoms with Crippen LogP contribution in [-0.4, -0.2) is 27.2 Å². The summed E-state index contributed by atoms with van der Waals surface area (Å²) in [5.41, 5.74) is 3.46. The molecule has 0 saturated carbocycles. The van der Waals surface area contributed by atoms with Gasteiger partial charge in [0.1, 0.15) is 11.2 Å². The lowest BCUT2D eigenvalue weighted by atomic mass is 9.97. The molecule has 0 bridgehead atoms. The van der Waals surface area contributed by atoms with Crippen LogP contribution in [0, 0.1) is 12.8 Å². The highest BCUT2D eigenvalue weighted by atomic mass is 35.5. The van der Waals surface area contributed by atoms with Crippen LogP contribution in [0.2, 0.25) is 10.0 Å². The Morgan fingerprint density at radius 2 is 1.81 bits per heavy atom. The summed E-state index contributed by atoms with van der Waals surface area (Å²) in [4.78, 5) is 31.7. The van der Waals surface area contributed by atoms with Crippen LogP contribution in [0.5, 0.6) is 0 Å². The van der Waals surface area contributed by atoms with Gasteiger partial charge in [-0.05, 0) is 54.7 Å². The molecular formula is C28H27Cl2N3O3. The van der Waals surface area contributed by atoms with Gasteiger partial charge in [-0.3, -0.25) is 14.6 Å². The first kappa shape index (κ1) is 25.9. The second kappa shape index (κ2) is 11.2. The minimum absolute atomic E-state index is 0.0115. The molecule has 8 heteroatoms. The van der Waals surface area contributed by atoms with Crippen LogP contribution in [0.1, 0.15) is 35.0 Å². The summed E-state index contributed by atoms with van der Waals surface area (Å²) in [5.74, 6) is -0.440. The molecule has 4 aromatic rings. The first-order valence-corrected chi connectivity index (χ1v) is 12.5. The standard InChI is InChI=1S/C28H27Cl2N3O3/c1-17-5-7-20(8-6-17)24-23-4-3-10-31-25(23)28(36)33(11-9-18(2)16-34)26(24)27(35)32-15-19-12-21(29)14-22(30)13-19/h3-8,10,12-14,18,34H,9,11,15-16H2,1-2H3,(H,32,35)/t18-/m1/s1. The Morgan fingerprint density at radius 3 is 2.47 bits per heavy atom. The normalized spacial score (nSPS) is 12.0. The van der Waals surface area contributed by atoms with Crippen LogP contribution in [0.15, 0.2) is 65.6 Å². The van der Waals surface area contributed by atoms with Crippen LogP contribution < -0.4 is 10.9 Å². The summed E-state index contributed by atoms with van der Waals surface area (Å²) in [6.45, 7) is 4.32. The number of aliphatic hydroxyl groups is 1. The van der Waals surface area contributed by atoms with Crippen molar-refractivity contribution in [3.05, 3.63) is 98.0 Å². The van der Waals surface area contributed by atoms with Gasteiger partial charge in [0.25, 0.3) is 11.5 Å². The molecular weight excluding hydrogens is 497 g/mol. The van der Waals surface area contributed by atoms with E-state index in [0.29, 0.717) is 32.9 Å². The highest BCUT2D eigenvalue weighted by Gasteiger charge is 2.24. The average Bonchev–Trinajstić information content (AvgIpc) is 2.86. The molecule has 2 N–H and O–H groups in total. The minimum atomic E-state index is -0.402. The smallest absolute Gasteiger partial charge is 0.277 e. The van der Waals surface area contributed by atoms with E-state index in [4.69, 9.17) is 23.2 Å². The number of nitrogens with one attached hydrogen (secondary N) is 1. The lowest BCUT2D eigenvalue weighted by molar-refractivity contribution is 0.0940. The Morgan fingerprint density at radius 1 is 1.11 bits per heavy atom. The Kier molecular flexibility index (Phi) is 8.09. The molecule has 36 heavy (non-hydrogen) atoms. The zero-order valence-electron chi connectivity index (χ0n) is 20.1. The summed E-state index contributed by atoms with van der Waals surface area (Å²) >= 11 is 12.3. The Hall–Kier alpha value is -3.19. The summed E-state index contributed by atoms with van der Waals surface area (Å²) < 4.78 is 1.48. The molecule has 0 fully saturated rings. The van der Waals surface area contributed by atoms with Gasteiger partial charge in [0.15, 0.2) is 0 Å². The van der Waals surface area contributed by atoms with Gasteiger partial charge >= 0.3 is 0 Å². The molecule has 2 aromatic carbocycles. The fourth-order valence-electron chi connectivity index (χ4n) is 4.15. The number of fused-ring (bicyclic) bond motifs is 1. The number of rotatable bonds is 8. The van der Waals surface area contributed by atoms with Crippen molar-refractivity contribution in [3.8, 4) is 11.1 Å². The SMILES string of the molecule is Cc1ccc(-c2c(C(=O)NCc3cc(Cl)cc(Cl)c3)n(CC[C@@H](C)CO)c(=O)c3ncccc23)cc1. The van der Waals surface area contributed by atoms with E-state index in [1.165, 1.54) is 4.57 Å². The summed E-state index contributed by atoms with van der Waals surface area (Å²) in [5, 5.41) is 14.0. The van der Waals surface area contributed by atoms with Crippen molar-refractivity contribution >= 4 is 40.0 Å². The number of hydrogen-bond donors (Lipinski definition) is 2. The monoisotopic (exact) mass is 523 g/mol. The molecule has 4 rings (SSSR count). The summed E-state index contributed by atoms with van der Waals surface area (Å²) in [6.07, 6.45) is 2.10. The summed E-state index contributed by atoms with van der Waals surface area (Å²) in [7, 11) is 0. The maximum absolute atomic E-state index is 13.8. The van der Waals surface area contributed by atoms with Crippen molar-refractivity contribution in [1.82, 2.24) is 14.9 Å². The van der Waals surface area contributed by atoms with Gasteiger partial charge < -0.3 is 15.0 Å². The van der Waals surface area contributed by atoms with Crippen LogP contribution in [0.25, 0.3) is 22.0 Å². The van der Waals surface area contributed by atoms with Gasteiger partial charge in [0, 0.05) is 46.9 Å². The maximum Gasteiger partial charge on any atom is 0.277 e. The number of benzene rings is 2. The zero-order valence-corrected chi connectivity index (χ0v) is 21.6. The van der Waals surface area contributed by atoms with Crippen LogP contribution >= 0.6 is 23.2 Å². The largest absolute Gasteiger partial charge is 0.396 e. The van der Waals surface area contributed by atoms with Crippen molar-refractivity contribution in [2.75, 3.05) is 6.61 Å². The number of halogens is 2. The van der Waals surface area contributed by atoms with Crippen LogP contribution in [-0.2, 0) is 13.1 Å². The number of hydrogen-bond acceptors (Lipinski definition) is 4. The number of carbonyl (C=O) groups is 1. The molecule has 0 radical (unpaired) electrons. The first-order chi connectivity index (χ1) is 17.3. The summed E-state index contributed by atoms with van der Waals surface area (Å²) in [6, 6.07) is 16.5. The van der Waals surface area contributed by atoms with Crippen molar-refractivity contribution in [1.29, 1.82) is 0 Å². The third-order valence-electron chi connectivity index (χ3n) is 6.12. The van der Waals surface area contributed by atoms with Crippen molar-refractivity contribution < 1.29 is 9.90 Å². The number of aryl methyl sites for hydroxylation is 1. The fourth-order valence-corrected chi connectivity index (χ4v) is 4.72. The number of carbonyl (C=O) groups excluding carboxylic acids is 1. The van der Waals surface area contributed by atoms with E-state index in [9.17, 15) is 14.7 Å². The van der Waals surface area contributed by atoms with Gasteiger partial charge in [-0.2, -0.15) is 0 Å². The molecule has 0 unspecified atom stereocenters. The highest BCUT2D eigenvalue weighted by Crippen LogP contribution is 2.31. The lowest BCUT2D eigenvalue weighted by Gasteiger charge is -2.20. The first-order valence-electron chi connectivity index (χ1n) is 11.7. The third-order valence-corrected chi connectivity index (χ3v) is 6.56. The molecule has 0 aliphatic heterocycles. The van der Waals surface area contributed by atoms with Gasteiger partial charge in [0.2, 0.25) is 0 Å². The molecule has 6 nitrogen and oxygen atoms in total. The molecule has 1 amide bonds. The van der Waals surface area contributed by atoms with Crippen molar-refractivity contribution in [2.24, 2.45) is 5.92 Å². The molecule has 0 aliphatic carbocycles. The van der Waals surface area contributed by atoms with Crippen LogP contribution in [0.3, 0.4) is 0 Å². The molecule has 0 aliphatic rings.